The van der Waals surface area contributed by atoms with Gasteiger partial charge in [0.05, 0.1) is 22.9 Å². The Morgan fingerprint density at radius 3 is 1.04 bits per heavy atom. The number of fused-ring (bicyclic) bond motifs is 4. The minimum Gasteiger partial charge on any atom is -0.404 e. The number of benzene rings is 4. The van der Waals surface area contributed by atoms with E-state index in [0.29, 0.717) is 35.6 Å². The number of halogens is 9. The van der Waals surface area contributed by atoms with Gasteiger partial charge in [0.25, 0.3) is 0 Å². The molecule has 16 heterocycles. The Labute approximate surface area is 805 Å². The van der Waals surface area contributed by atoms with Crippen molar-refractivity contribution >= 4 is 94.6 Å². The van der Waals surface area contributed by atoms with Gasteiger partial charge in [-0.05, 0) is 229 Å². The summed E-state index contributed by atoms with van der Waals surface area (Å²) >= 11 is 6.89. The lowest BCUT2D eigenvalue weighted by Crippen LogP contribution is -2.36. The van der Waals surface area contributed by atoms with Crippen molar-refractivity contribution in [1.82, 2.24) is 98.6 Å². The Morgan fingerprint density at radius 2 is 0.701 bits per heavy atom. The minimum absolute atomic E-state index is 0. The number of para-hydroxylation sites is 2. The number of likely N-dealkylation sites (tertiary alicyclic amines) is 4. The van der Waals surface area contributed by atoms with Gasteiger partial charge in [-0.15, -0.1) is 78.8 Å². The molecule has 4 aromatic carbocycles. The third kappa shape index (κ3) is 24.1. The van der Waals surface area contributed by atoms with E-state index >= 15 is 0 Å². The number of anilines is 4. The first kappa shape index (κ1) is 98.4. The van der Waals surface area contributed by atoms with Crippen LogP contribution in [-0.2, 0) is 34.4 Å². The van der Waals surface area contributed by atoms with Gasteiger partial charge in [0.1, 0.15) is 28.6 Å². The summed E-state index contributed by atoms with van der Waals surface area (Å²) in [5.74, 6) is 9.21. The standard InChI is InChI=1S/C24H27F3N6OS.C24H27F3N6S.C24H27N7S.C23H27FN6S.2ClH/c1-31-22(18-7-4-5-11-28-18)29-30-23(31)35-14-6-12-32-15-17-10-13-33(20(17)16-32)19-8-2-3-9-21(19)34-24(25,26)27;1-31-22(20-5-2-3-11-28-20)29-30-23(31)34-14-4-12-32-15-17-10-13-33(21(17)16-32)19-8-6-18(7-9-19)24(25,26)27;1-29-23(21-8-2-3-10-26-21)27-28-24(29)32-13-5-11-30-16-19-9-12-31(22(19)17-30)20-7-4-6-18(14-20)15-25;1-28-22(20-5-2-3-11-25-20)26-27-23(28)31-14-4-12-29-15-17-10-13-30(21(17)16-29)19-8-6-18(24)7-9-19;;/h2-5,7-9,11,17,20H,6,10,12-16H2,1H3;2-3,5-9,11,17,21H,4,10,12-16H2,1H3;2-4,6-8,10,14,19,22H,5,9,11-13,16-17H2,1H3;2-3,5-9,11,17,21H,4,10,12-16H2,1H3;2*1H/t;17-,21+;;;;/m.1..../s1. The summed E-state index contributed by atoms with van der Waals surface area (Å²) in [6.45, 7) is 16.4. The Balaban J connectivity index is 0.000000136. The number of thioether (sulfide) groups is 4. The molecule has 0 aliphatic carbocycles. The van der Waals surface area contributed by atoms with E-state index in [9.17, 15) is 36.0 Å². The molecule has 39 heteroatoms. The Hall–Kier alpha value is -10.1. The van der Waals surface area contributed by atoms with Gasteiger partial charge in [0.2, 0.25) is 0 Å². The molecule has 0 bridgehead atoms. The van der Waals surface area contributed by atoms with Crippen molar-refractivity contribution < 1.29 is 35.5 Å². The lowest BCUT2D eigenvalue weighted by Gasteiger charge is -2.28. The van der Waals surface area contributed by atoms with E-state index < -0.39 is 18.1 Å². The molecule has 8 saturated heterocycles. The molecule has 8 aliphatic heterocycles. The molecule has 20 rings (SSSR count). The maximum atomic E-state index is 13.3. The van der Waals surface area contributed by atoms with Crippen molar-refractivity contribution in [2.24, 2.45) is 51.9 Å². The van der Waals surface area contributed by atoms with Gasteiger partial charge < -0.3 is 62.2 Å². The van der Waals surface area contributed by atoms with Crippen LogP contribution in [0.25, 0.3) is 46.1 Å². The quantitative estimate of drug-likeness (QED) is 0.0241. The van der Waals surface area contributed by atoms with Gasteiger partial charge in [-0.2, -0.15) is 18.4 Å². The molecule has 0 radical (unpaired) electrons. The second-order valence-electron chi connectivity index (χ2n) is 34.6. The van der Waals surface area contributed by atoms with Crippen LogP contribution >= 0.6 is 71.9 Å². The average Bonchev–Trinajstić information content (AvgIpc) is 1.63. The molecule has 8 fully saturated rings. The number of hydrogen-bond donors (Lipinski definition) is 0. The molecule has 6 unspecified atom stereocenters. The van der Waals surface area contributed by atoms with Gasteiger partial charge in [-0.25, -0.2) is 4.39 Å². The molecule has 12 aromatic rings. The molecule has 708 valence electrons. The number of nitriles is 1. The third-order valence-electron chi connectivity index (χ3n) is 26.2. The fourth-order valence-corrected chi connectivity index (χ4v) is 23.1. The predicted octanol–water partition coefficient (Wildman–Crippen LogP) is 17.1. The molecule has 134 heavy (non-hydrogen) atoms. The zero-order valence-corrected chi connectivity index (χ0v) is 80.0. The van der Waals surface area contributed by atoms with Crippen LogP contribution in [0.2, 0.25) is 0 Å². The van der Waals surface area contributed by atoms with Crippen LogP contribution < -0.4 is 24.3 Å². The Bertz CT molecular complexity index is 5780. The van der Waals surface area contributed by atoms with Crippen molar-refractivity contribution in [3.8, 4) is 57.9 Å². The normalized spacial score (nSPS) is 20.3. The molecule has 0 N–H and O–H groups in total. The van der Waals surface area contributed by atoms with E-state index in [4.69, 9.17) is 0 Å². The highest BCUT2D eigenvalue weighted by molar-refractivity contribution is 7.99. The van der Waals surface area contributed by atoms with Crippen molar-refractivity contribution in [3.05, 3.63) is 212 Å². The number of hydrogen-bond acceptors (Lipinski definition) is 26. The van der Waals surface area contributed by atoms with Crippen molar-refractivity contribution in [3.63, 3.8) is 0 Å². The van der Waals surface area contributed by atoms with E-state index in [2.05, 4.69) is 117 Å². The fraction of sp³-hybridized carbons (Fsp3) is 0.442. The summed E-state index contributed by atoms with van der Waals surface area (Å²) < 4.78 is 103. The second kappa shape index (κ2) is 45.7. The second-order valence-corrected chi connectivity index (χ2v) is 38.9. The zero-order valence-electron chi connectivity index (χ0n) is 75.1. The van der Waals surface area contributed by atoms with Gasteiger partial charge >= 0.3 is 12.5 Å². The number of rotatable bonds is 29. The molecule has 0 spiro atoms. The monoisotopic (exact) mass is 1950 g/mol. The van der Waals surface area contributed by atoms with Gasteiger partial charge in [0, 0.05) is 196 Å². The molecular formula is C95H110Cl2F7N25OS4. The predicted molar refractivity (Wildman–Crippen MR) is 518 cm³/mol. The summed E-state index contributed by atoms with van der Waals surface area (Å²) in [7, 11) is 7.91. The van der Waals surface area contributed by atoms with Crippen LogP contribution in [0.4, 0.5) is 53.5 Å². The first-order chi connectivity index (χ1) is 64.2. The number of pyridine rings is 4. The topological polar surface area (TPSA) is 233 Å². The summed E-state index contributed by atoms with van der Waals surface area (Å²) in [6.07, 6.45) is 6.86. The summed E-state index contributed by atoms with van der Waals surface area (Å²) in [5, 5.41) is 47.4. The first-order valence-electron chi connectivity index (χ1n) is 45.2. The van der Waals surface area contributed by atoms with E-state index in [1.165, 1.54) is 49.8 Å². The summed E-state index contributed by atoms with van der Waals surface area (Å²) in [5.41, 5.74) is 7.22. The van der Waals surface area contributed by atoms with Crippen molar-refractivity contribution in [1.29, 1.82) is 5.26 Å². The van der Waals surface area contributed by atoms with Gasteiger partial charge in [-0.1, -0.05) is 89.5 Å². The summed E-state index contributed by atoms with van der Waals surface area (Å²) in [6, 6.07) is 54.2. The molecule has 0 saturated carbocycles. The smallest absolute Gasteiger partial charge is 0.404 e. The van der Waals surface area contributed by atoms with E-state index in [1.54, 1.807) is 114 Å². The maximum absolute atomic E-state index is 13.3. The maximum Gasteiger partial charge on any atom is 0.573 e. The van der Waals surface area contributed by atoms with Gasteiger partial charge in [-0.3, -0.25) is 19.9 Å². The molecule has 26 nitrogen and oxygen atoms in total. The molecule has 8 aromatic heterocycles. The molecule has 8 aliphatic rings. The first-order valence-corrected chi connectivity index (χ1v) is 49.1. The lowest BCUT2D eigenvalue weighted by molar-refractivity contribution is -0.274. The Kier molecular flexibility index (Phi) is 33.5. The SMILES string of the molecule is Cl.Cl.Cn1c(SCCCN2CC3CCN(c4ccc(F)cc4)C3C2)nnc1-c1ccccn1.Cn1c(SCCCN2CC3CCN(c4cccc(C#N)c4)C3C2)nnc1-c1ccccn1.Cn1c(SCCCN2CC3CCN(c4ccccc4OC(F)(F)F)C3C2)nnc1-c1ccccn1.Cn1c(SCCCN2C[C@H]3CCN(c4ccc(C(F)(F)F)cc4)[C@H]3C2)nnc1-c1ccccn1. The van der Waals surface area contributed by atoms with Gasteiger partial charge in [0.15, 0.2) is 49.7 Å². The van der Waals surface area contributed by atoms with Crippen molar-refractivity contribution in [2.45, 2.75) is 109 Å². The zero-order chi connectivity index (χ0) is 91.2. The number of ether oxygens (including phenoxy) is 1. The van der Waals surface area contributed by atoms with Crippen LogP contribution in [0, 0.1) is 40.8 Å². The Morgan fingerprint density at radius 1 is 0.373 bits per heavy atom. The van der Waals surface area contributed by atoms with Crippen LogP contribution in [0.15, 0.2) is 215 Å². The lowest BCUT2D eigenvalue weighted by atomic mass is 10.0. The van der Waals surface area contributed by atoms with E-state index in [1.807, 2.05) is 150 Å². The largest absolute Gasteiger partial charge is 0.573 e. The highest BCUT2D eigenvalue weighted by Crippen LogP contribution is 2.44. The summed E-state index contributed by atoms with van der Waals surface area (Å²) in [4.78, 5) is 36.9. The third-order valence-corrected chi connectivity index (χ3v) is 30.6. The van der Waals surface area contributed by atoms with E-state index in [-0.39, 0.29) is 42.4 Å². The highest BCUT2D eigenvalue weighted by Gasteiger charge is 2.46. The van der Waals surface area contributed by atoms with E-state index in [0.717, 1.165) is 249 Å². The number of alkyl halides is 6. The number of nitrogens with zero attached hydrogens (tertiary/aromatic N) is 25. The van der Waals surface area contributed by atoms with Crippen molar-refractivity contribution in [2.75, 3.05) is 147 Å². The molecular weight excluding hydrogens is 1840 g/mol. The minimum atomic E-state index is -4.70. The number of aromatic nitrogens is 16. The average molecular weight is 1950 g/mol. The molecule has 0 amide bonds. The van der Waals surface area contributed by atoms with Crippen LogP contribution in [0.1, 0.15) is 62.5 Å². The fourth-order valence-electron chi connectivity index (χ4n) is 19.8. The van der Waals surface area contributed by atoms with Crippen LogP contribution in [-0.4, -0.2) is 257 Å². The van der Waals surface area contributed by atoms with Crippen LogP contribution in [0.5, 0.6) is 5.75 Å². The molecule has 8 atom stereocenters. The highest BCUT2D eigenvalue weighted by atomic mass is 35.5. The van der Waals surface area contributed by atoms with Crippen LogP contribution in [0.3, 0.4) is 0 Å².